The highest BCUT2D eigenvalue weighted by Gasteiger charge is 2.44. The van der Waals surface area contributed by atoms with E-state index in [4.69, 9.17) is 11.6 Å². The van der Waals surface area contributed by atoms with Gasteiger partial charge in [0.2, 0.25) is 10.0 Å². The van der Waals surface area contributed by atoms with Gasteiger partial charge in [0.1, 0.15) is 10.0 Å². The maximum atomic E-state index is 12.7. The van der Waals surface area contributed by atoms with Gasteiger partial charge in [0.15, 0.2) is 0 Å². The lowest BCUT2D eigenvalue weighted by Crippen LogP contribution is -2.44. The van der Waals surface area contributed by atoms with Crippen molar-refractivity contribution >= 4 is 21.6 Å². The van der Waals surface area contributed by atoms with Crippen LogP contribution in [0.2, 0.25) is 5.15 Å². The summed E-state index contributed by atoms with van der Waals surface area (Å²) >= 11 is 5.56. The van der Waals surface area contributed by atoms with E-state index in [2.05, 4.69) is 4.98 Å². The van der Waals surface area contributed by atoms with Crippen LogP contribution in [-0.4, -0.2) is 37.0 Å². The lowest BCUT2D eigenvalue weighted by atomic mass is 9.99. The standard InChI is InChI=1S/C11H12ClF3N2O2S/c12-10-4-3-9(6-16-10)20(18,19)17-5-1-2-8(7-17)11(13,14)15/h3-4,6,8H,1-2,5,7H2. The summed E-state index contributed by atoms with van der Waals surface area (Å²) in [6.07, 6.45) is -3.19. The van der Waals surface area contributed by atoms with Crippen molar-refractivity contribution in [3.8, 4) is 0 Å². The quantitative estimate of drug-likeness (QED) is 0.784. The molecular weight excluding hydrogens is 317 g/mol. The topological polar surface area (TPSA) is 50.3 Å². The molecule has 0 aromatic carbocycles. The van der Waals surface area contributed by atoms with Gasteiger partial charge >= 0.3 is 6.18 Å². The van der Waals surface area contributed by atoms with Crippen molar-refractivity contribution in [2.75, 3.05) is 13.1 Å². The van der Waals surface area contributed by atoms with Gasteiger partial charge in [-0.25, -0.2) is 13.4 Å². The molecule has 112 valence electrons. The van der Waals surface area contributed by atoms with E-state index >= 15 is 0 Å². The Morgan fingerprint density at radius 2 is 2.05 bits per heavy atom. The molecule has 2 rings (SSSR count). The smallest absolute Gasteiger partial charge is 0.243 e. The van der Waals surface area contributed by atoms with Gasteiger partial charge in [-0.05, 0) is 25.0 Å². The molecule has 1 saturated heterocycles. The number of rotatable bonds is 2. The van der Waals surface area contributed by atoms with E-state index in [1.807, 2.05) is 0 Å². The minimum absolute atomic E-state index is 0.0472. The van der Waals surface area contributed by atoms with Gasteiger partial charge in [0, 0.05) is 19.3 Å². The monoisotopic (exact) mass is 328 g/mol. The molecule has 1 aliphatic heterocycles. The molecule has 20 heavy (non-hydrogen) atoms. The van der Waals surface area contributed by atoms with Crippen LogP contribution in [0.4, 0.5) is 13.2 Å². The average molecular weight is 329 g/mol. The maximum absolute atomic E-state index is 12.7. The molecular formula is C11H12ClF3N2O2S. The van der Waals surface area contributed by atoms with Crippen molar-refractivity contribution < 1.29 is 21.6 Å². The molecule has 1 unspecified atom stereocenters. The summed E-state index contributed by atoms with van der Waals surface area (Å²) in [6.45, 7) is -0.466. The molecule has 1 fully saturated rings. The van der Waals surface area contributed by atoms with E-state index in [0.29, 0.717) is 0 Å². The zero-order chi connectivity index (χ0) is 15.0. The largest absolute Gasteiger partial charge is 0.393 e. The van der Waals surface area contributed by atoms with Crippen LogP contribution < -0.4 is 0 Å². The van der Waals surface area contributed by atoms with Crippen LogP contribution in [0.5, 0.6) is 0 Å². The predicted molar refractivity (Wildman–Crippen MR) is 66.8 cm³/mol. The van der Waals surface area contributed by atoms with E-state index in [1.54, 1.807) is 0 Å². The number of sulfonamides is 1. The second-order valence-corrected chi connectivity index (χ2v) is 6.89. The zero-order valence-corrected chi connectivity index (χ0v) is 11.8. The molecule has 0 aliphatic carbocycles. The van der Waals surface area contributed by atoms with Gasteiger partial charge in [-0.3, -0.25) is 0 Å². The first-order valence-electron chi connectivity index (χ1n) is 5.89. The third kappa shape index (κ3) is 3.24. The Hall–Kier alpha value is -0.860. The van der Waals surface area contributed by atoms with Crippen LogP contribution in [0.25, 0.3) is 0 Å². The third-order valence-electron chi connectivity index (χ3n) is 3.19. The summed E-state index contributed by atoms with van der Waals surface area (Å²) in [5.74, 6) is -1.62. The van der Waals surface area contributed by atoms with Crippen LogP contribution >= 0.6 is 11.6 Å². The fourth-order valence-corrected chi connectivity index (χ4v) is 3.67. The maximum Gasteiger partial charge on any atom is 0.393 e. The number of aromatic nitrogens is 1. The number of hydrogen-bond donors (Lipinski definition) is 0. The fraction of sp³-hybridized carbons (Fsp3) is 0.545. The minimum Gasteiger partial charge on any atom is -0.243 e. The number of alkyl halides is 3. The molecule has 9 heteroatoms. The number of hydrogen-bond acceptors (Lipinski definition) is 3. The molecule has 1 atom stereocenters. The van der Waals surface area contributed by atoms with Crippen molar-refractivity contribution in [1.82, 2.24) is 9.29 Å². The molecule has 0 bridgehead atoms. The molecule has 0 radical (unpaired) electrons. The van der Waals surface area contributed by atoms with E-state index < -0.39 is 28.7 Å². The Morgan fingerprint density at radius 1 is 1.35 bits per heavy atom. The van der Waals surface area contributed by atoms with Crippen LogP contribution in [0.3, 0.4) is 0 Å². The Balaban J connectivity index is 2.23. The van der Waals surface area contributed by atoms with E-state index in [-0.39, 0.29) is 29.4 Å². The van der Waals surface area contributed by atoms with Crippen molar-refractivity contribution in [3.63, 3.8) is 0 Å². The molecule has 0 spiro atoms. The predicted octanol–water partition coefficient (Wildman–Crippen LogP) is 2.70. The van der Waals surface area contributed by atoms with Crippen LogP contribution in [-0.2, 0) is 10.0 Å². The molecule has 2 heterocycles. The highest BCUT2D eigenvalue weighted by molar-refractivity contribution is 7.89. The molecule has 1 aromatic rings. The summed E-state index contributed by atoms with van der Waals surface area (Å²) in [5.41, 5.74) is 0. The van der Waals surface area contributed by atoms with E-state index in [0.717, 1.165) is 10.5 Å². The number of nitrogens with zero attached hydrogens (tertiary/aromatic N) is 2. The van der Waals surface area contributed by atoms with Gasteiger partial charge in [-0.1, -0.05) is 11.6 Å². The summed E-state index contributed by atoms with van der Waals surface area (Å²) in [5, 5.41) is 0.121. The SMILES string of the molecule is O=S(=O)(c1ccc(Cl)nc1)N1CCCC(C(F)(F)F)C1. The normalized spacial score (nSPS) is 21.9. The van der Waals surface area contributed by atoms with Crippen LogP contribution in [0, 0.1) is 5.92 Å². The Kier molecular flexibility index (Phi) is 4.27. The minimum atomic E-state index is -4.38. The first-order valence-corrected chi connectivity index (χ1v) is 7.71. The Labute approximate surface area is 119 Å². The molecule has 0 N–H and O–H groups in total. The lowest BCUT2D eigenvalue weighted by molar-refractivity contribution is -0.182. The molecule has 0 amide bonds. The van der Waals surface area contributed by atoms with Gasteiger partial charge in [0.05, 0.1) is 5.92 Å². The second-order valence-electron chi connectivity index (χ2n) is 4.56. The van der Waals surface area contributed by atoms with Gasteiger partial charge in [-0.2, -0.15) is 17.5 Å². The van der Waals surface area contributed by atoms with Gasteiger partial charge in [-0.15, -0.1) is 0 Å². The van der Waals surface area contributed by atoms with E-state index in [9.17, 15) is 21.6 Å². The lowest BCUT2D eigenvalue weighted by Gasteiger charge is -2.32. The third-order valence-corrected chi connectivity index (χ3v) is 5.26. The molecule has 1 aliphatic rings. The van der Waals surface area contributed by atoms with Crippen molar-refractivity contribution in [2.24, 2.45) is 5.92 Å². The first-order chi connectivity index (χ1) is 9.21. The summed E-state index contributed by atoms with van der Waals surface area (Å²) in [4.78, 5) is 3.50. The summed E-state index contributed by atoms with van der Waals surface area (Å²) in [6, 6.07) is 2.53. The summed E-state index contributed by atoms with van der Waals surface area (Å²) in [7, 11) is -3.96. The first kappa shape index (κ1) is 15.5. The molecule has 0 saturated carbocycles. The number of piperidine rings is 1. The zero-order valence-electron chi connectivity index (χ0n) is 10.3. The van der Waals surface area contributed by atoms with Crippen LogP contribution in [0.1, 0.15) is 12.8 Å². The average Bonchev–Trinajstić information content (AvgIpc) is 2.38. The molecule has 4 nitrogen and oxygen atoms in total. The van der Waals surface area contributed by atoms with Gasteiger partial charge < -0.3 is 0 Å². The van der Waals surface area contributed by atoms with Crippen molar-refractivity contribution in [3.05, 3.63) is 23.5 Å². The number of halogens is 4. The van der Waals surface area contributed by atoms with E-state index in [1.165, 1.54) is 12.1 Å². The second kappa shape index (κ2) is 5.50. The highest BCUT2D eigenvalue weighted by atomic mass is 35.5. The van der Waals surface area contributed by atoms with Gasteiger partial charge in [0.25, 0.3) is 0 Å². The number of pyridine rings is 1. The fourth-order valence-electron chi connectivity index (χ4n) is 2.09. The Morgan fingerprint density at radius 3 is 2.60 bits per heavy atom. The summed E-state index contributed by atoms with van der Waals surface area (Å²) < 4.78 is 63.5. The van der Waals surface area contributed by atoms with Crippen molar-refractivity contribution in [1.29, 1.82) is 0 Å². The van der Waals surface area contributed by atoms with Crippen molar-refractivity contribution in [2.45, 2.75) is 23.9 Å². The Bertz CT molecular complexity index is 574. The molecule has 1 aromatic heterocycles. The highest BCUT2D eigenvalue weighted by Crippen LogP contribution is 2.34. The van der Waals surface area contributed by atoms with Crippen LogP contribution in [0.15, 0.2) is 23.2 Å².